The lowest BCUT2D eigenvalue weighted by atomic mass is 10.0. The van der Waals surface area contributed by atoms with Crippen LogP contribution >= 0.6 is 11.6 Å². The summed E-state index contributed by atoms with van der Waals surface area (Å²) >= 11 is 5.83. The van der Waals surface area contributed by atoms with Gasteiger partial charge < -0.3 is 5.73 Å². The second kappa shape index (κ2) is 4.98. The van der Waals surface area contributed by atoms with E-state index in [2.05, 4.69) is 10.2 Å². The summed E-state index contributed by atoms with van der Waals surface area (Å²) in [5.74, 6) is -0.0594. The Bertz CT molecular complexity index is 753. The van der Waals surface area contributed by atoms with Crippen LogP contribution in [0.25, 0.3) is 22.4 Å². The number of rotatable bonds is 2. The van der Waals surface area contributed by atoms with Gasteiger partial charge in [-0.25, -0.2) is 4.39 Å². The van der Waals surface area contributed by atoms with Gasteiger partial charge in [-0.15, -0.1) is 0 Å². The van der Waals surface area contributed by atoms with Crippen molar-refractivity contribution in [2.45, 2.75) is 0 Å². The summed E-state index contributed by atoms with van der Waals surface area (Å²) in [4.78, 5) is 0. The third-order valence-corrected chi connectivity index (χ3v) is 3.35. The molecule has 1 aromatic heterocycles. The van der Waals surface area contributed by atoms with E-state index in [9.17, 15) is 4.39 Å². The molecule has 0 bridgehead atoms. The Labute approximate surface area is 120 Å². The lowest BCUT2D eigenvalue weighted by Crippen LogP contribution is -1.89. The molecule has 0 aliphatic carbocycles. The highest BCUT2D eigenvalue weighted by Crippen LogP contribution is 2.35. The molecule has 20 heavy (non-hydrogen) atoms. The molecule has 2 aromatic carbocycles. The van der Waals surface area contributed by atoms with E-state index in [1.54, 1.807) is 12.1 Å². The molecule has 0 spiro atoms. The Balaban J connectivity index is 2.18. The van der Waals surface area contributed by atoms with Crippen molar-refractivity contribution in [3.05, 3.63) is 59.4 Å². The van der Waals surface area contributed by atoms with Crippen LogP contribution < -0.4 is 5.73 Å². The van der Waals surface area contributed by atoms with E-state index in [0.29, 0.717) is 5.82 Å². The predicted molar refractivity (Wildman–Crippen MR) is 78.8 cm³/mol. The largest absolute Gasteiger partial charge is 0.382 e. The number of nitrogens with two attached hydrogens (primary N) is 1. The molecule has 3 aromatic rings. The third kappa shape index (κ3) is 2.14. The van der Waals surface area contributed by atoms with Gasteiger partial charge in [-0.3, -0.25) is 5.10 Å². The predicted octanol–water partition coefficient (Wildman–Crippen LogP) is 4.12. The number of nitrogen functional groups attached to an aromatic ring is 1. The highest BCUT2D eigenvalue weighted by Gasteiger charge is 2.15. The van der Waals surface area contributed by atoms with Crippen LogP contribution in [0.15, 0.2) is 48.5 Å². The Morgan fingerprint density at radius 3 is 2.50 bits per heavy atom. The summed E-state index contributed by atoms with van der Waals surface area (Å²) < 4.78 is 13.3. The molecule has 3 rings (SSSR count). The molecule has 0 fully saturated rings. The molecular formula is C15H11ClFN3. The summed E-state index contributed by atoms with van der Waals surface area (Å²) in [6.07, 6.45) is 0. The molecule has 0 atom stereocenters. The smallest absolute Gasteiger partial charge is 0.153 e. The van der Waals surface area contributed by atoms with Crippen molar-refractivity contribution in [2.75, 3.05) is 5.73 Å². The summed E-state index contributed by atoms with van der Waals surface area (Å²) in [5, 5.41) is 6.98. The van der Waals surface area contributed by atoms with Crippen LogP contribution in [0.5, 0.6) is 0 Å². The highest BCUT2D eigenvalue weighted by atomic mass is 35.5. The summed E-state index contributed by atoms with van der Waals surface area (Å²) in [6, 6.07) is 14.2. The van der Waals surface area contributed by atoms with E-state index in [-0.39, 0.29) is 5.02 Å². The SMILES string of the molecule is Nc1n[nH]c(-c2ccc(F)c(Cl)c2)c1-c1ccccc1. The molecule has 0 saturated heterocycles. The van der Waals surface area contributed by atoms with Crippen LogP contribution in [-0.4, -0.2) is 10.2 Å². The molecule has 100 valence electrons. The maximum atomic E-state index is 13.3. The molecule has 0 saturated carbocycles. The van der Waals surface area contributed by atoms with Gasteiger partial charge in [0.1, 0.15) is 5.82 Å². The number of nitrogens with one attached hydrogen (secondary N) is 1. The van der Waals surface area contributed by atoms with E-state index in [1.165, 1.54) is 6.07 Å². The third-order valence-electron chi connectivity index (χ3n) is 3.07. The number of benzene rings is 2. The highest BCUT2D eigenvalue weighted by molar-refractivity contribution is 6.31. The van der Waals surface area contributed by atoms with Gasteiger partial charge in [-0.05, 0) is 23.8 Å². The number of H-pyrrole nitrogens is 1. The first-order valence-electron chi connectivity index (χ1n) is 6.01. The molecule has 0 aliphatic heterocycles. The number of anilines is 1. The molecule has 0 amide bonds. The molecule has 0 aliphatic rings. The van der Waals surface area contributed by atoms with Crippen molar-refractivity contribution in [3.8, 4) is 22.4 Å². The van der Waals surface area contributed by atoms with Gasteiger partial charge in [-0.2, -0.15) is 5.10 Å². The van der Waals surface area contributed by atoms with Gasteiger partial charge in [0.05, 0.1) is 16.3 Å². The van der Waals surface area contributed by atoms with Gasteiger partial charge in [-0.1, -0.05) is 41.9 Å². The van der Waals surface area contributed by atoms with Crippen LogP contribution in [0.1, 0.15) is 0 Å². The zero-order valence-electron chi connectivity index (χ0n) is 10.4. The molecule has 0 radical (unpaired) electrons. The average Bonchev–Trinajstić information content (AvgIpc) is 2.85. The second-order valence-electron chi connectivity index (χ2n) is 4.35. The lowest BCUT2D eigenvalue weighted by molar-refractivity contribution is 0.628. The molecular weight excluding hydrogens is 277 g/mol. The zero-order valence-corrected chi connectivity index (χ0v) is 11.2. The van der Waals surface area contributed by atoms with Crippen LogP contribution in [0.4, 0.5) is 10.2 Å². The summed E-state index contributed by atoms with van der Waals surface area (Å²) in [7, 11) is 0. The fourth-order valence-electron chi connectivity index (χ4n) is 2.11. The Hall–Kier alpha value is -2.33. The van der Waals surface area contributed by atoms with Gasteiger partial charge in [0.15, 0.2) is 5.82 Å². The first kappa shape index (κ1) is 12.7. The number of aromatic amines is 1. The van der Waals surface area contributed by atoms with Gasteiger partial charge >= 0.3 is 0 Å². The molecule has 5 heteroatoms. The van der Waals surface area contributed by atoms with Crippen molar-refractivity contribution < 1.29 is 4.39 Å². The molecule has 3 nitrogen and oxygen atoms in total. The van der Waals surface area contributed by atoms with Crippen molar-refractivity contribution in [3.63, 3.8) is 0 Å². The van der Waals surface area contributed by atoms with Crippen molar-refractivity contribution >= 4 is 17.4 Å². The molecule has 0 unspecified atom stereocenters. The number of nitrogens with zero attached hydrogens (tertiary/aromatic N) is 1. The monoisotopic (exact) mass is 287 g/mol. The Morgan fingerprint density at radius 2 is 1.80 bits per heavy atom. The number of aromatic nitrogens is 2. The maximum Gasteiger partial charge on any atom is 0.153 e. The summed E-state index contributed by atoms with van der Waals surface area (Å²) in [5.41, 5.74) is 9.11. The maximum absolute atomic E-state index is 13.3. The van der Waals surface area contributed by atoms with Crippen LogP contribution in [-0.2, 0) is 0 Å². The zero-order chi connectivity index (χ0) is 14.1. The van der Waals surface area contributed by atoms with Crippen molar-refractivity contribution in [2.24, 2.45) is 0 Å². The summed E-state index contributed by atoms with van der Waals surface area (Å²) in [6.45, 7) is 0. The van der Waals surface area contributed by atoms with E-state index in [1.807, 2.05) is 30.3 Å². The topological polar surface area (TPSA) is 54.7 Å². The minimum Gasteiger partial charge on any atom is -0.382 e. The van der Waals surface area contributed by atoms with Gasteiger partial charge in [0.25, 0.3) is 0 Å². The van der Waals surface area contributed by atoms with Crippen LogP contribution in [0, 0.1) is 5.82 Å². The number of halogens is 2. The number of hydrogen-bond donors (Lipinski definition) is 2. The minimum atomic E-state index is -0.454. The first-order chi connectivity index (χ1) is 9.66. The Morgan fingerprint density at radius 1 is 1.05 bits per heavy atom. The molecule has 1 heterocycles. The van der Waals surface area contributed by atoms with E-state index in [4.69, 9.17) is 17.3 Å². The van der Waals surface area contributed by atoms with Crippen molar-refractivity contribution in [1.82, 2.24) is 10.2 Å². The number of hydrogen-bond acceptors (Lipinski definition) is 2. The normalized spacial score (nSPS) is 10.7. The first-order valence-corrected chi connectivity index (χ1v) is 6.39. The quantitative estimate of drug-likeness (QED) is 0.745. The van der Waals surface area contributed by atoms with Gasteiger partial charge in [0, 0.05) is 5.56 Å². The average molecular weight is 288 g/mol. The molecule has 3 N–H and O–H groups in total. The van der Waals surface area contributed by atoms with Gasteiger partial charge in [0.2, 0.25) is 0 Å². The lowest BCUT2D eigenvalue weighted by Gasteiger charge is -2.05. The van der Waals surface area contributed by atoms with Crippen molar-refractivity contribution in [1.29, 1.82) is 0 Å². The van der Waals surface area contributed by atoms with Crippen LogP contribution in [0.2, 0.25) is 5.02 Å². The fraction of sp³-hybridized carbons (Fsp3) is 0. The minimum absolute atomic E-state index is 0.0645. The van der Waals surface area contributed by atoms with Crippen LogP contribution in [0.3, 0.4) is 0 Å². The van der Waals surface area contributed by atoms with E-state index >= 15 is 0 Å². The second-order valence-corrected chi connectivity index (χ2v) is 4.76. The fourth-order valence-corrected chi connectivity index (χ4v) is 2.29. The standard InChI is InChI=1S/C15H11ClFN3/c16-11-8-10(6-7-12(11)17)14-13(15(18)20-19-14)9-4-2-1-3-5-9/h1-8H,(H3,18,19,20). The Kier molecular flexibility index (Phi) is 3.16. The van der Waals surface area contributed by atoms with E-state index < -0.39 is 5.82 Å². The van der Waals surface area contributed by atoms with E-state index in [0.717, 1.165) is 22.4 Å².